The molecule has 0 aliphatic carbocycles. The maximum atomic E-state index is 12.6. The van der Waals surface area contributed by atoms with E-state index in [0.717, 1.165) is 35.8 Å². The van der Waals surface area contributed by atoms with Crippen LogP contribution in [-0.4, -0.2) is 54.4 Å². The van der Waals surface area contributed by atoms with Crippen molar-refractivity contribution in [2.75, 3.05) is 32.8 Å². The normalized spacial score (nSPS) is 14.4. The number of carbonyl (C=O) groups is 2. The third-order valence-corrected chi connectivity index (χ3v) is 6.87. The Labute approximate surface area is 208 Å². The number of halogens is 1. The quantitative estimate of drug-likeness (QED) is 0.473. The van der Waals surface area contributed by atoms with Gasteiger partial charge in [0, 0.05) is 53.6 Å². The number of ether oxygens (including phenoxy) is 1. The molecule has 34 heavy (non-hydrogen) atoms. The van der Waals surface area contributed by atoms with Gasteiger partial charge in [0.15, 0.2) is 6.61 Å². The van der Waals surface area contributed by atoms with Crippen LogP contribution in [0, 0.1) is 0 Å². The van der Waals surface area contributed by atoms with E-state index in [1.165, 1.54) is 9.75 Å². The largest absolute Gasteiger partial charge is 0.484 e. The van der Waals surface area contributed by atoms with Crippen LogP contribution in [0.2, 0.25) is 5.02 Å². The van der Waals surface area contributed by atoms with Crippen molar-refractivity contribution < 1.29 is 14.3 Å². The first kappa shape index (κ1) is 24.0. The minimum absolute atomic E-state index is 0.00747. The van der Waals surface area contributed by atoms with Crippen molar-refractivity contribution in [2.24, 2.45) is 5.73 Å². The van der Waals surface area contributed by atoms with Gasteiger partial charge in [-0.15, -0.1) is 11.3 Å². The predicted octanol–water partition coefficient (Wildman–Crippen LogP) is 4.29. The van der Waals surface area contributed by atoms with Crippen molar-refractivity contribution >= 4 is 40.8 Å². The summed E-state index contributed by atoms with van der Waals surface area (Å²) >= 11 is 7.90. The Morgan fingerprint density at radius 3 is 2.50 bits per heavy atom. The number of hydrogen-bond acceptors (Lipinski definition) is 5. The van der Waals surface area contributed by atoms with E-state index in [4.69, 9.17) is 22.1 Å². The molecule has 0 bridgehead atoms. The van der Waals surface area contributed by atoms with Crippen molar-refractivity contribution in [2.45, 2.75) is 6.54 Å². The standard InChI is InChI=1S/C26H26ClN3O3S/c27-21-3-1-2-20(16-21)24-10-9-23(34-24)17-29-12-14-30(15-13-29)26(32)11-6-19-4-7-22(8-5-19)33-18-25(28)31/h1-11,16H,12-15,17-18H2,(H2,28,31). The number of piperazine rings is 1. The van der Waals surface area contributed by atoms with E-state index in [2.05, 4.69) is 23.1 Å². The zero-order valence-corrected chi connectivity index (χ0v) is 20.2. The average Bonchev–Trinajstić information content (AvgIpc) is 3.31. The van der Waals surface area contributed by atoms with Gasteiger partial charge in [0.25, 0.3) is 5.91 Å². The molecule has 0 atom stereocenters. The number of nitrogens with zero attached hydrogens (tertiary/aromatic N) is 2. The summed E-state index contributed by atoms with van der Waals surface area (Å²) < 4.78 is 5.24. The number of carbonyl (C=O) groups excluding carboxylic acids is 2. The molecule has 1 fully saturated rings. The molecule has 1 aliphatic heterocycles. The number of nitrogens with two attached hydrogens (primary N) is 1. The van der Waals surface area contributed by atoms with Crippen LogP contribution >= 0.6 is 22.9 Å². The molecule has 8 heteroatoms. The Balaban J connectivity index is 1.24. The van der Waals surface area contributed by atoms with Crippen LogP contribution in [0.4, 0.5) is 0 Å². The van der Waals surface area contributed by atoms with Crippen LogP contribution in [0.5, 0.6) is 5.75 Å². The Morgan fingerprint density at radius 2 is 1.79 bits per heavy atom. The van der Waals surface area contributed by atoms with Crippen LogP contribution < -0.4 is 10.5 Å². The lowest BCUT2D eigenvalue weighted by atomic mass is 10.2. The van der Waals surface area contributed by atoms with Gasteiger partial charge in [-0.25, -0.2) is 0 Å². The highest BCUT2D eigenvalue weighted by atomic mass is 35.5. The lowest BCUT2D eigenvalue weighted by Gasteiger charge is -2.34. The Morgan fingerprint density at radius 1 is 1.03 bits per heavy atom. The minimum atomic E-state index is -0.521. The van der Waals surface area contributed by atoms with Gasteiger partial charge in [-0.1, -0.05) is 35.9 Å². The fourth-order valence-electron chi connectivity index (χ4n) is 3.71. The molecule has 6 nitrogen and oxygen atoms in total. The zero-order valence-electron chi connectivity index (χ0n) is 18.7. The van der Waals surface area contributed by atoms with Crippen molar-refractivity contribution in [1.29, 1.82) is 0 Å². The Kier molecular flexibility index (Phi) is 8.00. The molecule has 3 aromatic rings. The molecular formula is C26H26ClN3O3S. The zero-order chi connectivity index (χ0) is 23.9. The molecule has 1 aromatic heterocycles. The summed E-state index contributed by atoms with van der Waals surface area (Å²) in [6.45, 7) is 3.82. The number of primary amides is 1. The maximum Gasteiger partial charge on any atom is 0.255 e. The first-order valence-corrected chi connectivity index (χ1v) is 12.2. The molecular weight excluding hydrogens is 470 g/mol. The second-order valence-electron chi connectivity index (χ2n) is 8.04. The van der Waals surface area contributed by atoms with Crippen LogP contribution in [0.25, 0.3) is 16.5 Å². The second-order valence-corrected chi connectivity index (χ2v) is 9.64. The van der Waals surface area contributed by atoms with Crippen LogP contribution in [0.1, 0.15) is 10.4 Å². The lowest BCUT2D eigenvalue weighted by molar-refractivity contribution is -0.127. The van der Waals surface area contributed by atoms with Gasteiger partial charge in [-0.2, -0.15) is 0 Å². The molecule has 2 amide bonds. The molecule has 0 saturated carbocycles. The number of hydrogen-bond donors (Lipinski definition) is 1. The predicted molar refractivity (Wildman–Crippen MR) is 137 cm³/mol. The molecule has 2 N–H and O–H groups in total. The molecule has 0 spiro atoms. The van der Waals surface area contributed by atoms with E-state index in [1.54, 1.807) is 35.6 Å². The number of benzene rings is 2. The van der Waals surface area contributed by atoms with Crippen molar-refractivity contribution in [3.8, 4) is 16.2 Å². The highest BCUT2D eigenvalue weighted by molar-refractivity contribution is 7.15. The van der Waals surface area contributed by atoms with E-state index >= 15 is 0 Å². The molecule has 2 heterocycles. The average molecular weight is 496 g/mol. The summed E-state index contributed by atoms with van der Waals surface area (Å²) in [7, 11) is 0. The van der Waals surface area contributed by atoms with Gasteiger partial charge in [-0.05, 0) is 53.6 Å². The van der Waals surface area contributed by atoms with Gasteiger partial charge in [0.1, 0.15) is 5.75 Å². The second kappa shape index (κ2) is 11.3. The van der Waals surface area contributed by atoms with Gasteiger partial charge >= 0.3 is 0 Å². The number of thiophene rings is 1. The smallest absolute Gasteiger partial charge is 0.255 e. The van der Waals surface area contributed by atoms with Crippen LogP contribution in [0.15, 0.2) is 66.7 Å². The monoisotopic (exact) mass is 495 g/mol. The van der Waals surface area contributed by atoms with Crippen molar-refractivity contribution in [1.82, 2.24) is 9.80 Å². The van der Waals surface area contributed by atoms with Gasteiger partial charge in [-0.3, -0.25) is 14.5 Å². The summed E-state index contributed by atoms with van der Waals surface area (Å²) in [5.41, 5.74) is 7.09. The highest BCUT2D eigenvalue weighted by Crippen LogP contribution is 2.30. The fraction of sp³-hybridized carbons (Fsp3) is 0.231. The number of rotatable bonds is 8. The number of amides is 2. The Bertz CT molecular complexity index is 1170. The SMILES string of the molecule is NC(=O)COc1ccc(C=CC(=O)N2CCN(Cc3ccc(-c4cccc(Cl)c4)s3)CC2)cc1. The third-order valence-electron chi connectivity index (χ3n) is 5.51. The lowest BCUT2D eigenvalue weighted by Crippen LogP contribution is -2.47. The van der Waals surface area contributed by atoms with E-state index in [1.807, 2.05) is 35.2 Å². The highest BCUT2D eigenvalue weighted by Gasteiger charge is 2.20. The summed E-state index contributed by atoms with van der Waals surface area (Å²) in [5, 5.41) is 0.744. The molecule has 0 radical (unpaired) electrons. The van der Waals surface area contributed by atoms with Crippen LogP contribution in [0.3, 0.4) is 0 Å². The van der Waals surface area contributed by atoms with Gasteiger partial charge in [0.05, 0.1) is 0 Å². The van der Waals surface area contributed by atoms with E-state index in [0.29, 0.717) is 18.8 Å². The molecule has 1 saturated heterocycles. The molecule has 176 valence electrons. The fourth-order valence-corrected chi connectivity index (χ4v) is 4.95. The van der Waals surface area contributed by atoms with Gasteiger partial charge < -0.3 is 15.4 Å². The first-order chi connectivity index (χ1) is 16.5. The molecule has 4 rings (SSSR count). The molecule has 2 aromatic carbocycles. The Hall–Kier alpha value is -3.13. The van der Waals surface area contributed by atoms with Crippen molar-refractivity contribution in [3.63, 3.8) is 0 Å². The van der Waals surface area contributed by atoms with Crippen LogP contribution in [-0.2, 0) is 16.1 Å². The van der Waals surface area contributed by atoms with E-state index in [-0.39, 0.29) is 12.5 Å². The minimum Gasteiger partial charge on any atom is -0.484 e. The maximum absolute atomic E-state index is 12.6. The molecule has 1 aliphatic rings. The molecule has 0 unspecified atom stereocenters. The summed E-state index contributed by atoms with van der Waals surface area (Å²) in [4.78, 5) is 30.2. The van der Waals surface area contributed by atoms with E-state index in [9.17, 15) is 9.59 Å². The summed E-state index contributed by atoms with van der Waals surface area (Å²) in [6, 6.07) is 19.4. The third kappa shape index (κ3) is 6.70. The topological polar surface area (TPSA) is 75.9 Å². The van der Waals surface area contributed by atoms with E-state index < -0.39 is 5.91 Å². The van der Waals surface area contributed by atoms with Crippen molar-refractivity contribution in [3.05, 3.63) is 82.2 Å². The summed E-state index contributed by atoms with van der Waals surface area (Å²) in [5.74, 6) is 0.0456. The first-order valence-electron chi connectivity index (χ1n) is 11.0. The van der Waals surface area contributed by atoms with Gasteiger partial charge in [0.2, 0.25) is 5.91 Å². The summed E-state index contributed by atoms with van der Waals surface area (Å²) in [6.07, 6.45) is 3.39.